The van der Waals surface area contributed by atoms with Gasteiger partial charge in [-0.2, -0.15) is 0 Å². The second kappa shape index (κ2) is 11.9. The molecule has 6 atom stereocenters. The fraction of sp³-hybridized carbons (Fsp3) is 0.714. The molecule has 0 aromatic heterocycles. The third-order valence-electron chi connectivity index (χ3n) is 7.33. The first-order valence-corrected chi connectivity index (χ1v) is 14.3. The first kappa shape index (κ1) is 28.2. The summed E-state index contributed by atoms with van der Waals surface area (Å²) < 4.78 is 24.1. The number of carbonyl (C=O) groups excluding carboxylic acids is 1. The van der Waals surface area contributed by atoms with Crippen molar-refractivity contribution in [1.82, 2.24) is 10.2 Å². The predicted octanol–water partition coefficient (Wildman–Crippen LogP) is 5.20. The lowest BCUT2D eigenvalue weighted by molar-refractivity contribution is -0.145. The van der Waals surface area contributed by atoms with Crippen LogP contribution in [-0.4, -0.2) is 71.7 Å². The fourth-order valence-corrected chi connectivity index (χ4v) is 6.54. The minimum Gasteiger partial charge on any atom is -0.497 e. The molecule has 3 aliphatic rings. The van der Waals surface area contributed by atoms with Crippen LogP contribution in [0.4, 0.5) is 4.79 Å². The Kier molecular flexibility index (Phi) is 9.09. The molecule has 1 aromatic carbocycles. The quantitative estimate of drug-likeness (QED) is 0.516. The molecule has 2 aliphatic heterocycles. The molecule has 0 radical (unpaired) electrons. The van der Waals surface area contributed by atoms with Crippen LogP contribution in [0.5, 0.6) is 5.75 Å². The number of amidine groups is 1. The fourth-order valence-electron chi connectivity index (χ4n) is 5.38. The maximum atomic E-state index is 12.7. The number of aliphatic imine (C=N–C) groups is 1. The molecule has 1 saturated heterocycles. The summed E-state index contributed by atoms with van der Waals surface area (Å²) >= 11 is 1.48. The molecule has 4 rings (SSSR count). The van der Waals surface area contributed by atoms with Gasteiger partial charge in [0.15, 0.2) is 5.17 Å². The second-order valence-corrected chi connectivity index (χ2v) is 12.5. The number of carbonyl (C=O) groups is 1. The summed E-state index contributed by atoms with van der Waals surface area (Å²) in [5.41, 5.74) is 0.267. The van der Waals surface area contributed by atoms with Gasteiger partial charge in [-0.3, -0.25) is 9.89 Å². The van der Waals surface area contributed by atoms with Crippen LogP contribution in [0.15, 0.2) is 29.3 Å². The minimum atomic E-state index is -0.580. The van der Waals surface area contributed by atoms with Gasteiger partial charge in [0.1, 0.15) is 22.8 Å². The van der Waals surface area contributed by atoms with Gasteiger partial charge in [-0.25, -0.2) is 4.79 Å². The SMILES string of the molecule is COc1ccc(CO[C@H]2[C@H](C)[C@@H](C(C)NC3CCCC3)O[C@@H]3SC(N(C)C(=O)OC(C)(C)C)=N[C@H]23)cc1. The summed E-state index contributed by atoms with van der Waals surface area (Å²) in [7, 11) is 3.37. The van der Waals surface area contributed by atoms with Gasteiger partial charge in [-0.1, -0.05) is 43.7 Å². The van der Waals surface area contributed by atoms with Crippen molar-refractivity contribution in [2.24, 2.45) is 10.9 Å². The summed E-state index contributed by atoms with van der Waals surface area (Å²) in [6.07, 6.45) is 4.40. The van der Waals surface area contributed by atoms with Crippen molar-refractivity contribution >= 4 is 23.0 Å². The van der Waals surface area contributed by atoms with Crippen LogP contribution in [0.3, 0.4) is 0 Å². The van der Waals surface area contributed by atoms with Gasteiger partial charge in [0.05, 0.1) is 25.9 Å². The Balaban J connectivity index is 1.51. The van der Waals surface area contributed by atoms with Crippen LogP contribution in [0.1, 0.15) is 65.9 Å². The number of amides is 1. The van der Waals surface area contributed by atoms with Gasteiger partial charge in [0, 0.05) is 25.0 Å². The van der Waals surface area contributed by atoms with Crippen molar-refractivity contribution in [2.75, 3.05) is 14.2 Å². The second-order valence-electron chi connectivity index (χ2n) is 11.4. The van der Waals surface area contributed by atoms with Gasteiger partial charge >= 0.3 is 6.09 Å². The van der Waals surface area contributed by atoms with E-state index >= 15 is 0 Å². The summed E-state index contributed by atoms with van der Waals surface area (Å²) in [5, 5.41) is 4.42. The van der Waals surface area contributed by atoms with Crippen molar-refractivity contribution in [2.45, 2.75) is 108 Å². The Morgan fingerprint density at radius 3 is 2.54 bits per heavy atom. The molecule has 9 heteroatoms. The van der Waals surface area contributed by atoms with Crippen LogP contribution >= 0.6 is 11.8 Å². The lowest BCUT2D eigenvalue weighted by Gasteiger charge is -2.44. The molecule has 2 fully saturated rings. The van der Waals surface area contributed by atoms with Gasteiger partial charge < -0.3 is 24.3 Å². The summed E-state index contributed by atoms with van der Waals surface area (Å²) in [6, 6.07) is 8.45. The van der Waals surface area contributed by atoms with E-state index < -0.39 is 11.7 Å². The molecule has 1 aliphatic carbocycles. The zero-order chi connectivity index (χ0) is 26.7. The number of rotatable bonds is 7. The number of benzene rings is 1. The molecular formula is C28H43N3O5S. The number of hydrogen-bond acceptors (Lipinski definition) is 8. The Morgan fingerprint density at radius 1 is 1.24 bits per heavy atom. The van der Waals surface area contributed by atoms with Crippen LogP contribution in [0.25, 0.3) is 0 Å². The molecule has 0 spiro atoms. The molecular weight excluding hydrogens is 490 g/mol. The molecule has 1 N–H and O–H groups in total. The third kappa shape index (κ3) is 6.99. The molecule has 2 heterocycles. The minimum absolute atomic E-state index is 0.0309. The zero-order valence-corrected chi connectivity index (χ0v) is 24.0. The van der Waals surface area contributed by atoms with Crippen molar-refractivity contribution in [3.8, 4) is 5.75 Å². The molecule has 1 amide bonds. The molecule has 1 unspecified atom stereocenters. The summed E-state index contributed by atoms with van der Waals surface area (Å²) in [4.78, 5) is 19.2. The van der Waals surface area contributed by atoms with Gasteiger partial charge in [0.2, 0.25) is 0 Å². The maximum Gasteiger partial charge on any atom is 0.416 e. The number of methoxy groups -OCH3 is 1. The number of nitrogens with one attached hydrogen (secondary N) is 1. The van der Waals surface area contributed by atoms with Crippen LogP contribution in [0.2, 0.25) is 0 Å². The van der Waals surface area contributed by atoms with Crippen LogP contribution in [-0.2, 0) is 20.8 Å². The largest absolute Gasteiger partial charge is 0.497 e. The number of nitrogens with zero attached hydrogens (tertiary/aromatic N) is 2. The molecule has 0 bridgehead atoms. The van der Waals surface area contributed by atoms with Gasteiger partial charge in [-0.05, 0) is 58.2 Å². The molecule has 1 aromatic rings. The lowest BCUT2D eigenvalue weighted by Crippen LogP contribution is -2.58. The molecule has 8 nitrogen and oxygen atoms in total. The Bertz CT molecular complexity index is 944. The van der Waals surface area contributed by atoms with E-state index in [2.05, 4.69) is 19.2 Å². The maximum absolute atomic E-state index is 12.7. The normalized spacial score (nSPS) is 28.9. The Labute approximate surface area is 225 Å². The van der Waals surface area contributed by atoms with Crippen LogP contribution in [0, 0.1) is 5.92 Å². The Hall–Kier alpha value is -1.81. The number of fused-ring (bicyclic) bond motifs is 1. The van der Waals surface area contributed by atoms with Crippen molar-refractivity contribution in [3.05, 3.63) is 29.8 Å². The topological polar surface area (TPSA) is 81.6 Å². The highest BCUT2D eigenvalue weighted by molar-refractivity contribution is 8.14. The monoisotopic (exact) mass is 533 g/mol. The van der Waals surface area contributed by atoms with Gasteiger partial charge in [0.25, 0.3) is 0 Å². The first-order valence-electron chi connectivity index (χ1n) is 13.4. The standard InChI is InChI=1S/C28H43N3O5S/c1-17-23(18(2)29-20-10-8-9-11-20)35-25-22(24(17)34-16-19-12-14-21(33-7)15-13-19)30-26(37-25)31(6)27(32)36-28(3,4)5/h12-15,17-18,20,22-25,29H,8-11,16H2,1-7H3/t17-,18?,22-,23+,24+,25-/m1/s1. The van der Waals surface area contributed by atoms with Crippen LogP contribution < -0.4 is 10.1 Å². The third-order valence-corrected chi connectivity index (χ3v) is 8.54. The highest BCUT2D eigenvalue weighted by Crippen LogP contribution is 2.42. The highest BCUT2D eigenvalue weighted by Gasteiger charge is 2.50. The van der Waals surface area contributed by atoms with E-state index in [9.17, 15) is 4.79 Å². The number of thioether (sulfide) groups is 1. The molecule has 37 heavy (non-hydrogen) atoms. The van der Waals surface area contributed by atoms with E-state index in [1.807, 2.05) is 45.0 Å². The van der Waals surface area contributed by atoms with E-state index in [1.165, 1.54) is 42.3 Å². The Morgan fingerprint density at radius 2 is 1.92 bits per heavy atom. The predicted molar refractivity (Wildman–Crippen MR) is 147 cm³/mol. The van der Waals surface area contributed by atoms with Crippen molar-refractivity contribution in [1.29, 1.82) is 0 Å². The van der Waals surface area contributed by atoms with E-state index in [4.69, 9.17) is 23.9 Å². The van der Waals surface area contributed by atoms with Gasteiger partial charge in [-0.15, -0.1) is 0 Å². The average molecular weight is 534 g/mol. The lowest BCUT2D eigenvalue weighted by atomic mass is 9.86. The summed E-state index contributed by atoms with van der Waals surface area (Å²) in [5.74, 6) is 0.931. The zero-order valence-electron chi connectivity index (χ0n) is 23.2. The smallest absolute Gasteiger partial charge is 0.416 e. The highest BCUT2D eigenvalue weighted by atomic mass is 32.2. The number of ether oxygens (including phenoxy) is 4. The van der Waals surface area contributed by atoms with Crippen molar-refractivity contribution < 1.29 is 23.7 Å². The van der Waals surface area contributed by atoms with E-state index in [0.717, 1.165) is 11.3 Å². The first-order chi connectivity index (χ1) is 17.6. The van der Waals surface area contributed by atoms with E-state index in [1.54, 1.807) is 14.2 Å². The van der Waals surface area contributed by atoms with E-state index in [0.29, 0.717) is 17.8 Å². The van der Waals surface area contributed by atoms with Crippen molar-refractivity contribution in [3.63, 3.8) is 0 Å². The molecule has 1 saturated carbocycles. The number of hydrogen-bond donors (Lipinski definition) is 1. The molecule has 206 valence electrons. The summed E-state index contributed by atoms with van der Waals surface area (Å²) in [6.45, 7) is 10.5. The van der Waals surface area contributed by atoms with E-state index in [-0.39, 0.29) is 35.6 Å². The average Bonchev–Trinajstić information content (AvgIpc) is 3.51.